The van der Waals surface area contributed by atoms with Gasteiger partial charge in [-0.1, -0.05) is 17.7 Å². The number of nitrogens with zero attached hydrogens (tertiary/aromatic N) is 2. The van der Waals surface area contributed by atoms with Gasteiger partial charge in [0.1, 0.15) is 5.76 Å². The van der Waals surface area contributed by atoms with Crippen molar-refractivity contribution in [3.63, 3.8) is 0 Å². The number of hydrogen-bond donors (Lipinski definition) is 1. The summed E-state index contributed by atoms with van der Waals surface area (Å²) in [7, 11) is 0. The maximum Gasteiger partial charge on any atom is 0.226 e. The van der Waals surface area contributed by atoms with Crippen LogP contribution in [0.1, 0.15) is 24.8 Å². The van der Waals surface area contributed by atoms with Crippen molar-refractivity contribution in [1.82, 2.24) is 15.2 Å². The minimum Gasteiger partial charge on any atom is -0.441 e. The lowest BCUT2D eigenvalue weighted by molar-refractivity contribution is -0.120. The van der Waals surface area contributed by atoms with Gasteiger partial charge in [0.25, 0.3) is 0 Å². The smallest absolute Gasteiger partial charge is 0.226 e. The van der Waals surface area contributed by atoms with E-state index >= 15 is 0 Å². The summed E-state index contributed by atoms with van der Waals surface area (Å²) in [5.41, 5.74) is 1.77. The van der Waals surface area contributed by atoms with Crippen LogP contribution in [-0.4, -0.2) is 34.9 Å². The topological polar surface area (TPSA) is 58.4 Å². The zero-order valence-electron chi connectivity index (χ0n) is 13.3. The number of carbonyl (C=O) groups excluding carboxylic acids is 1. The second-order valence-electron chi connectivity index (χ2n) is 5.91. The van der Waals surface area contributed by atoms with E-state index in [0.717, 1.165) is 23.6 Å². The maximum absolute atomic E-state index is 11.5. The van der Waals surface area contributed by atoms with Gasteiger partial charge in [0.2, 0.25) is 11.8 Å². The second-order valence-corrected chi connectivity index (χ2v) is 6.34. The molecule has 3 rings (SSSR count). The number of aromatic nitrogens is 1. The van der Waals surface area contributed by atoms with Gasteiger partial charge in [-0.25, -0.2) is 4.98 Å². The first-order valence-corrected chi connectivity index (χ1v) is 8.13. The van der Waals surface area contributed by atoms with Gasteiger partial charge in [-0.05, 0) is 32.0 Å². The number of aryl methyl sites for hydroxylation is 1. The third-order valence-corrected chi connectivity index (χ3v) is 4.40. The number of benzene rings is 1. The SMILES string of the molecule is Cc1oc(-c2cccc(Cl)c2)nc1CN1CCC(=O)NCC1C. The summed E-state index contributed by atoms with van der Waals surface area (Å²) in [6.07, 6.45) is 0.516. The van der Waals surface area contributed by atoms with Gasteiger partial charge in [0.15, 0.2) is 0 Å². The molecule has 1 aliphatic rings. The van der Waals surface area contributed by atoms with Gasteiger partial charge in [0, 0.05) is 42.7 Å². The van der Waals surface area contributed by atoms with Gasteiger partial charge in [-0.3, -0.25) is 9.69 Å². The average Bonchev–Trinajstić information content (AvgIpc) is 2.81. The summed E-state index contributed by atoms with van der Waals surface area (Å²) < 4.78 is 5.81. The van der Waals surface area contributed by atoms with Crippen LogP contribution in [0.3, 0.4) is 0 Å². The van der Waals surface area contributed by atoms with Crippen LogP contribution < -0.4 is 5.32 Å². The van der Waals surface area contributed by atoms with Crippen molar-refractivity contribution in [2.75, 3.05) is 13.1 Å². The van der Waals surface area contributed by atoms with Crippen LogP contribution in [0.25, 0.3) is 11.5 Å². The molecule has 1 aromatic carbocycles. The average molecular weight is 334 g/mol. The first-order chi connectivity index (χ1) is 11.0. The first kappa shape index (κ1) is 16.0. The first-order valence-electron chi connectivity index (χ1n) is 7.76. The maximum atomic E-state index is 11.5. The quantitative estimate of drug-likeness (QED) is 0.938. The zero-order chi connectivity index (χ0) is 16.4. The lowest BCUT2D eigenvalue weighted by Gasteiger charge is -2.25. The van der Waals surface area contributed by atoms with Crippen molar-refractivity contribution in [2.24, 2.45) is 0 Å². The Morgan fingerprint density at radius 2 is 2.30 bits per heavy atom. The number of amides is 1. The molecule has 2 heterocycles. The van der Waals surface area contributed by atoms with Crippen LogP contribution in [-0.2, 0) is 11.3 Å². The van der Waals surface area contributed by atoms with E-state index in [1.54, 1.807) is 0 Å². The van der Waals surface area contributed by atoms with Crippen molar-refractivity contribution in [3.05, 3.63) is 40.7 Å². The molecule has 1 atom stereocenters. The Labute approximate surface area is 140 Å². The summed E-state index contributed by atoms with van der Waals surface area (Å²) in [6, 6.07) is 7.74. The third-order valence-electron chi connectivity index (χ3n) is 4.16. The van der Waals surface area contributed by atoms with Crippen LogP contribution >= 0.6 is 11.6 Å². The molecule has 1 aliphatic heterocycles. The van der Waals surface area contributed by atoms with E-state index < -0.39 is 0 Å². The predicted octanol–water partition coefficient (Wildman–Crippen LogP) is 3.01. The fourth-order valence-electron chi connectivity index (χ4n) is 2.69. The Morgan fingerprint density at radius 1 is 1.48 bits per heavy atom. The molecule has 0 aliphatic carbocycles. The molecule has 0 bridgehead atoms. The van der Waals surface area contributed by atoms with Gasteiger partial charge in [-0.2, -0.15) is 0 Å². The number of oxazole rings is 1. The Kier molecular flexibility index (Phi) is 4.68. The lowest BCUT2D eigenvalue weighted by Crippen LogP contribution is -2.37. The summed E-state index contributed by atoms with van der Waals surface area (Å²) in [6.45, 7) is 6.09. The van der Waals surface area contributed by atoms with E-state index in [0.29, 0.717) is 30.4 Å². The van der Waals surface area contributed by atoms with Crippen LogP contribution in [0.15, 0.2) is 28.7 Å². The number of hydrogen-bond acceptors (Lipinski definition) is 4. The molecule has 1 aromatic heterocycles. The monoisotopic (exact) mass is 333 g/mol. The number of halogens is 1. The second kappa shape index (κ2) is 6.72. The molecule has 0 spiro atoms. The molecule has 1 saturated heterocycles. The van der Waals surface area contributed by atoms with Crippen LogP contribution in [0.4, 0.5) is 0 Å². The van der Waals surface area contributed by atoms with E-state index in [2.05, 4.69) is 22.1 Å². The van der Waals surface area contributed by atoms with Crippen molar-refractivity contribution < 1.29 is 9.21 Å². The lowest BCUT2D eigenvalue weighted by atomic mass is 10.2. The summed E-state index contributed by atoms with van der Waals surface area (Å²) in [4.78, 5) is 18.4. The molecule has 0 saturated carbocycles. The Balaban J connectivity index is 1.79. The van der Waals surface area contributed by atoms with Gasteiger partial charge in [0.05, 0.1) is 5.69 Å². The van der Waals surface area contributed by atoms with Gasteiger partial charge in [-0.15, -0.1) is 0 Å². The highest BCUT2D eigenvalue weighted by Gasteiger charge is 2.22. The highest BCUT2D eigenvalue weighted by Crippen LogP contribution is 2.25. The van der Waals surface area contributed by atoms with E-state index in [-0.39, 0.29) is 11.9 Å². The van der Waals surface area contributed by atoms with Crippen molar-refractivity contribution >= 4 is 17.5 Å². The molecule has 23 heavy (non-hydrogen) atoms. The molecule has 1 N–H and O–H groups in total. The molecule has 2 aromatic rings. The molecule has 122 valence electrons. The largest absolute Gasteiger partial charge is 0.441 e. The molecule has 1 unspecified atom stereocenters. The van der Waals surface area contributed by atoms with Crippen LogP contribution in [0.2, 0.25) is 5.02 Å². The van der Waals surface area contributed by atoms with Gasteiger partial charge < -0.3 is 9.73 Å². The fraction of sp³-hybridized carbons (Fsp3) is 0.412. The molecule has 1 amide bonds. The highest BCUT2D eigenvalue weighted by molar-refractivity contribution is 6.30. The number of rotatable bonds is 3. The minimum absolute atomic E-state index is 0.107. The Bertz CT molecular complexity index is 714. The third kappa shape index (κ3) is 3.74. The van der Waals surface area contributed by atoms with E-state index in [1.165, 1.54) is 0 Å². The van der Waals surface area contributed by atoms with Crippen molar-refractivity contribution in [1.29, 1.82) is 0 Å². The fourth-order valence-corrected chi connectivity index (χ4v) is 2.88. The Morgan fingerprint density at radius 3 is 3.09 bits per heavy atom. The Hall–Kier alpha value is -1.85. The highest BCUT2D eigenvalue weighted by atomic mass is 35.5. The van der Waals surface area contributed by atoms with Crippen molar-refractivity contribution in [2.45, 2.75) is 32.9 Å². The predicted molar refractivity (Wildman–Crippen MR) is 89.2 cm³/mol. The molecule has 5 nitrogen and oxygen atoms in total. The molecule has 6 heteroatoms. The van der Waals surface area contributed by atoms with E-state index in [4.69, 9.17) is 16.0 Å². The number of carbonyl (C=O) groups is 1. The summed E-state index contributed by atoms with van der Waals surface area (Å²) >= 11 is 6.03. The van der Waals surface area contributed by atoms with Crippen LogP contribution in [0, 0.1) is 6.92 Å². The summed E-state index contributed by atoms with van der Waals surface area (Å²) in [5.74, 6) is 1.49. The van der Waals surface area contributed by atoms with Crippen molar-refractivity contribution in [3.8, 4) is 11.5 Å². The number of nitrogens with one attached hydrogen (secondary N) is 1. The normalized spacial score (nSPS) is 19.4. The molecular formula is C17H20ClN3O2. The van der Waals surface area contributed by atoms with Gasteiger partial charge >= 0.3 is 0 Å². The van der Waals surface area contributed by atoms with E-state index in [1.807, 2.05) is 31.2 Å². The summed E-state index contributed by atoms with van der Waals surface area (Å²) in [5, 5.41) is 3.58. The molecule has 0 radical (unpaired) electrons. The van der Waals surface area contributed by atoms with E-state index in [9.17, 15) is 4.79 Å². The molecular weight excluding hydrogens is 314 g/mol. The molecule has 1 fully saturated rings. The minimum atomic E-state index is 0.107. The zero-order valence-corrected chi connectivity index (χ0v) is 14.1. The standard InChI is InChI=1S/C17H20ClN3O2/c1-11-9-19-16(22)6-7-21(11)10-15-12(2)23-17(20-15)13-4-3-5-14(18)8-13/h3-5,8,11H,6-7,9-10H2,1-2H3,(H,19,22). The van der Waals surface area contributed by atoms with Crippen LogP contribution in [0.5, 0.6) is 0 Å².